The molecule has 3 heterocycles. The van der Waals surface area contributed by atoms with Gasteiger partial charge in [-0.05, 0) is 18.2 Å². The van der Waals surface area contributed by atoms with Crippen LogP contribution in [0.3, 0.4) is 0 Å². The van der Waals surface area contributed by atoms with E-state index >= 15 is 0 Å². The number of benzene rings is 1. The summed E-state index contributed by atoms with van der Waals surface area (Å²) in [6, 6.07) is 5.33. The zero-order valence-corrected chi connectivity index (χ0v) is 13.0. The number of hydrogen-bond donors (Lipinski definition) is 1. The van der Waals surface area contributed by atoms with Crippen molar-refractivity contribution in [2.75, 3.05) is 5.73 Å². The summed E-state index contributed by atoms with van der Waals surface area (Å²) in [6.07, 6.45) is 4.64. The van der Waals surface area contributed by atoms with Gasteiger partial charge >= 0.3 is 0 Å². The molecular formula is C17H10F2N4S. The highest BCUT2D eigenvalue weighted by Gasteiger charge is 2.16. The highest BCUT2D eigenvalue weighted by atomic mass is 32.1. The summed E-state index contributed by atoms with van der Waals surface area (Å²) in [5.41, 5.74) is 9.01. The Hall–Kier alpha value is -2.93. The van der Waals surface area contributed by atoms with Gasteiger partial charge in [0.05, 0.1) is 10.2 Å². The van der Waals surface area contributed by atoms with Crippen LogP contribution in [-0.4, -0.2) is 15.0 Å². The van der Waals surface area contributed by atoms with Crippen LogP contribution in [0.4, 0.5) is 14.6 Å². The van der Waals surface area contributed by atoms with E-state index in [0.717, 1.165) is 16.3 Å². The lowest BCUT2D eigenvalue weighted by molar-refractivity contribution is 0.585. The molecule has 2 N–H and O–H groups in total. The predicted molar refractivity (Wildman–Crippen MR) is 90.4 cm³/mol. The maximum atomic E-state index is 14.1. The molecule has 3 aromatic heterocycles. The molecule has 4 rings (SSSR count). The Bertz CT molecular complexity index is 1060. The van der Waals surface area contributed by atoms with Gasteiger partial charge < -0.3 is 5.73 Å². The van der Waals surface area contributed by atoms with E-state index in [2.05, 4.69) is 15.0 Å². The smallest absolute Gasteiger partial charge is 0.134 e. The number of halogens is 2. The highest BCUT2D eigenvalue weighted by molar-refractivity contribution is 7.18. The Morgan fingerprint density at radius 2 is 1.83 bits per heavy atom. The first kappa shape index (κ1) is 14.6. The molecule has 7 heteroatoms. The second-order valence-corrected chi connectivity index (χ2v) is 6.01. The van der Waals surface area contributed by atoms with Gasteiger partial charge in [-0.1, -0.05) is 0 Å². The fourth-order valence-corrected chi connectivity index (χ4v) is 3.64. The number of anilines is 1. The summed E-state index contributed by atoms with van der Waals surface area (Å²) < 4.78 is 28.1. The SMILES string of the molecule is Nc1ncncc1-c1ccnc2c(-c3ccc(F)cc3F)csc12. The van der Waals surface area contributed by atoms with Crippen LogP contribution in [0.5, 0.6) is 0 Å². The van der Waals surface area contributed by atoms with Gasteiger partial charge in [-0.3, -0.25) is 4.98 Å². The van der Waals surface area contributed by atoms with Gasteiger partial charge in [0.1, 0.15) is 23.8 Å². The average Bonchev–Trinajstić information content (AvgIpc) is 2.99. The number of nitrogens with zero attached hydrogens (tertiary/aromatic N) is 3. The van der Waals surface area contributed by atoms with Crippen molar-refractivity contribution >= 4 is 27.4 Å². The predicted octanol–water partition coefficient (Wildman–Crippen LogP) is 4.28. The molecule has 0 aliphatic carbocycles. The van der Waals surface area contributed by atoms with Crippen LogP contribution in [-0.2, 0) is 0 Å². The number of aromatic nitrogens is 3. The number of thiophene rings is 1. The molecule has 4 aromatic rings. The van der Waals surface area contributed by atoms with Crippen molar-refractivity contribution in [2.24, 2.45) is 0 Å². The minimum atomic E-state index is -0.621. The van der Waals surface area contributed by atoms with Gasteiger partial charge in [0, 0.05) is 46.1 Å². The molecule has 0 bridgehead atoms. The van der Waals surface area contributed by atoms with Crippen molar-refractivity contribution in [3.8, 4) is 22.3 Å². The topological polar surface area (TPSA) is 64.7 Å². The van der Waals surface area contributed by atoms with Gasteiger partial charge in [-0.15, -0.1) is 11.3 Å². The Morgan fingerprint density at radius 3 is 2.62 bits per heavy atom. The highest BCUT2D eigenvalue weighted by Crippen LogP contribution is 2.39. The van der Waals surface area contributed by atoms with Gasteiger partial charge in [0.25, 0.3) is 0 Å². The molecule has 0 aliphatic rings. The lowest BCUT2D eigenvalue weighted by Gasteiger charge is -2.06. The fraction of sp³-hybridized carbons (Fsp3) is 0. The summed E-state index contributed by atoms with van der Waals surface area (Å²) in [5.74, 6) is -0.872. The van der Waals surface area contributed by atoms with Crippen molar-refractivity contribution in [2.45, 2.75) is 0 Å². The van der Waals surface area contributed by atoms with Crippen molar-refractivity contribution < 1.29 is 8.78 Å². The average molecular weight is 340 g/mol. The van der Waals surface area contributed by atoms with E-state index in [9.17, 15) is 8.78 Å². The molecule has 24 heavy (non-hydrogen) atoms. The van der Waals surface area contributed by atoms with Crippen LogP contribution in [0.2, 0.25) is 0 Å². The number of rotatable bonds is 2. The van der Waals surface area contributed by atoms with E-state index in [1.165, 1.54) is 29.8 Å². The molecule has 0 amide bonds. The van der Waals surface area contributed by atoms with Gasteiger partial charge in [0.15, 0.2) is 0 Å². The van der Waals surface area contributed by atoms with Gasteiger partial charge in [-0.25, -0.2) is 18.7 Å². The number of hydrogen-bond acceptors (Lipinski definition) is 5. The maximum Gasteiger partial charge on any atom is 0.134 e. The number of nitrogens with two attached hydrogens (primary N) is 1. The second-order valence-electron chi connectivity index (χ2n) is 5.13. The van der Waals surface area contributed by atoms with Gasteiger partial charge in [-0.2, -0.15) is 0 Å². The third-order valence-electron chi connectivity index (χ3n) is 3.71. The number of pyridine rings is 1. The van der Waals surface area contributed by atoms with Crippen LogP contribution in [0, 0.1) is 11.6 Å². The molecule has 4 nitrogen and oxygen atoms in total. The van der Waals surface area contributed by atoms with Crippen LogP contribution >= 0.6 is 11.3 Å². The van der Waals surface area contributed by atoms with Crippen LogP contribution in [0.15, 0.2) is 48.4 Å². The van der Waals surface area contributed by atoms with E-state index in [4.69, 9.17) is 5.73 Å². The maximum absolute atomic E-state index is 14.1. The largest absolute Gasteiger partial charge is 0.383 e. The molecular weight excluding hydrogens is 330 g/mol. The van der Waals surface area contributed by atoms with Crippen LogP contribution in [0.25, 0.3) is 32.5 Å². The summed E-state index contributed by atoms with van der Waals surface area (Å²) in [4.78, 5) is 12.4. The zero-order chi connectivity index (χ0) is 16.7. The second kappa shape index (κ2) is 5.61. The Kier molecular flexibility index (Phi) is 3.42. The van der Waals surface area contributed by atoms with Crippen molar-refractivity contribution in [1.29, 1.82) is 0 Å². The minimum absolute atomic E-state index is 0.310. The quantitative estimate of drug-likeness (QED) is 0.591. The minimum Gasteiger partial charge on any atom is -0.383 e. The molecule has 0 spiro atoms. The summed E-state index contributed by atoms with van der Waals surface area (Å²) in [5, 5.41) is 1.80. The molecule has 118 valence electrons. The Balaban J connectivity index is 1.96. The third kappa shape index (κ3) is 2.30. The molecule has 0 saturated carbocycles. The summed E-state index contributed by atoms with van der Waals surface area (Å²) >= 11 is 1.42. The van der Waals surface area contributed by atoms with Crippen molar-refractivity contribution in [3.05, 3.63) is 60.0 Å². The molecule has 0 unspecified atom stereocenters. The molecule has 0 fully saturated rings. The first-order chi connectivity index (χ1) is 11.6. The van der Waals surface area contributed by atoms with E-state index in [1.54, 1.807) is 17.8 Å². The monoisotopic (exact) mass is 340 g/mol. The molecule has 0 radical (unpaired) electrons. The standard InChI is InChI=1S/C17H10F2N4S/c18-9-1-2-10(14(19)5-9)13-7-24-16-11(3-4-22-15(13)16)12-6-21-8-23-17(12)20/h1-8H,(H2,20,21,23). The third-order valence-corrected chi connectivity index (χ3v) is 4.71. The molecule has 0 saturated heterocycles. The van der Waals surface area contributed by atoms with E-state index < -0.39 is 11.6 Å². The first-order valence-corrected chi connectivity index (χ1v) is 7.90. The Labute approximate surface area is 139 Å². The van der Waals surface area contributed by atoms with Crippen LogP contribution < -0.4 is 5.73 Å². The van der Waals surface area contributed by atoms with E-state index in [-0.39, 0.29) is 0 Å². The summed E-state index contributed by atoms with van der Waals surface area (Å²) in [6.45, 7) is 0. The van der Waals surface area contributed by atoms with Crippen molar-refractivity contribution in [3.63, 3.8) is 0 Å². The first-order valence-electron chi connectivity index (χ1n) is 7.02. The lowest BCUT2D eigenvalue weighted by Crippen LogP contribution is -1.95. The fourth-order valence-electron chi connectivity index (χ4n) is 2.59. The molecule has 0 atom stereocenters. The van der Waals surface area contributed by atoms with E-state index in [0.29, 0.717) is 28.0 Å². The summed E-state index contributed by atoms with van der Waals surface area (Å²) in [7, 11) is 0. The van der Waals surface area contributed by atoms with Crippen LogP contribution in [0.1, 0.15) is 0 Å². The van der Waals surface area contributed by atoms with E-state index in [1.807, 2.05) is 6.07 Å². The van der Waals surface area contributed by atoms with Crippen molar-refractivity contribution in [1.82, 2.24) is 15.0 Å². The number of nitrogen functional groups attached to an aromatic ring is 1. The number of fused-ring (bicyclic) bond motifs is 1. The molecule has 0 aliphatic heterocycles. The Morgan fingerprint density at radius 1 is 0.958 bits per heavy atom. The lowest BCUT2D eigenvalue weighted by atomic mass is 10.0. The van der Waals surface area contributed by atoms with Gasteiger partial charge in [0.2, 0.25) is 0 Å². The normalized spacial score (nSPS) is 11.1. The molecule has 1 aromatic carbocycles. The zero-order valence-electron chi connectivity index (χ0n) is 12.2.